The van der Waals surface area contributed by atoms with Crippen molar-refractivity contribution in [3.8, 4) is 5.88 Å². The van der Waals surface area contributed by atoms with Gasteiger partial charge in [-0.15, -0.1) is 0 Å². The number of ether oxygens (including phenoxy) is 1. The maximum absolute atomic E-state index is 5.62. The van der Waals surface area contributed by atoms with Crippen LogP contribution in [-0.2, 0) is 0 Å². The smallest absolute Gasteiger partial charge is 0.228 e. The normalized spacial score (nSPS) is 16.7. The summed E-state index contributed by atoms with van der Waals surface area (Å²) in [6, 6.07) is 1.81. The minimum atomic E-state index is 0.130. The van der Waals surface area contributed by atoms with E-state index in [-0.39, 0.29) is 6.10 Å². The largest absolute Gasteiger partial charge is 0.475 e. The maximum atomic E-state index is 5.62. The SMILES string of the molecule is CC(C)Oc1ccnc(N2CCN(CCCN)CC2)n1. The molecule has 112 valence electrons. The number of nitrogens with two attached hydrogens (primary N) is 1. The van der Waals surface area contributed by atoms with Gasteiger partial charge in [-0.3, -0.25) is 4.90 Å². The van der Waals surface area contributed by atoms with Crippen molar-refractivity contribution < 1.29 is 4.74 Å². The Bertz CT molecular complexity index is 404. The topological polar surface area (TPSA) is 67.5 Å². The van der Waals surface area contributed by atoms with Crippen LogP contribution in [-0.4, -0.2) is 60.2 Å². The Morgan fingerprint density at radius 3 is 2.70 bits per heavy atom. The number of nitrogens with zero attached hydrogens (tertiary/aromatic N) is 4. The van der Waals surface area contributed by atoms with E-state index in [2.05, 4.69) is 19.8 Å². The van der Waals surface area contributed by atoms with Gasteiger partial charge in [-0.1, -0.05) is 0 Å². The number of hydrogen-bond acceptors (Lipinski definition) is 6. The van der Waals surface area contributed by atoms with Crippen molar-refractivity contribution in [2.45, 2.75) is 26.4 Å². The summed E-state index contributed by atoms with van der Waals surface area (Å²) >= 11 is 0. The predicted molar refractivity (Wildman–Crippen MR) is 80.1 cm³/mol. The molecule has 2 rings (SSSR count). The number of anilines is 1. The number of piperazine rings is 1. The van der Waals surface area contributed by atoms with E-state index in [1.165, 1.54) is 0 Å². The Morgan fingerprint density at radius 1 is 1.30 bits per heavy atom. The molecular formula is C14H25N5O. The first-order valence-electron chi connectivity index (χ1n) is 7.36. The molecule has 6 heteroatoms. The standard InChI is InChI=1S/C14H25N5O/c1-12(2)20-13-4-6-16-14(17-13)19-10-8-18(9-11-19)7-3-5-15/h4,6,12H,3,5,7-11,15H2,1-2H3. The third-order valence-electron chi connectivity index (χ3n) is 3.31. The summed E-state index contributed by atoms with van der Waals surface area (Å²) in [5.41, 5.74) is 5.55. The second-order valence-corrected chi connectivity index (χ2v) is 5.33. The van der Waals surface area contributed by atoms with Gasteiger partial charge in [0, 0.05) is 38.4 Å². The van der Waals surface area contributed by atoms with Crippen LogP contribution in [0, 0.1) is 0 Å². The van der Waals surface area contributed by atoms with E-state index in [1.807, 2.05) is 13.8 Å². The lowest BCUT2D eigenvalue weighted by Crippen LogP contribution is -2.47. The van der Waals surface area contributed by atoms with Gasteiger partial charge in [0.15, 0.2) is 0 Å². The fraction of sp³-hybridized carbons (Fsp3) is 0.714. The Morgan fingerprint density at radius 2 is 2.05 bits per heavy atom. The molecule has 1 aliphatic rings. The first-order valence-corrected chi connectivity index (χ1v) is 7.36. The first-order chi connectivity index (χ1) is 9.69. The van der Waals surface area contributed by atoms with Crippen LogP contribution in [0.1, 0.15) is 20.3 Å². The van der Waals surface area contributed by atoms with E-state index < -0.39 is 0 Å². The molecule has 1 aromatic rings. The molecule has 0 saturated carbocycles. The average Bonchev–Trinajstić information content (AvgIpc) is 2.45. The highest BCUT2D eigenvalue weighted by atomic mass is 16.5. The molecule has 1 fully saturated rings. The molecule has 0 amide bonds. The molecule has 0 atom stereocenters. The van der Waals surface area contributed by atoms with Crippen molar-refractivity contribution in [1.82, 2.24) is 14.9 Å². The van der Waals surface area contributed by atoms with Crippen molar-refractivity contribution in [1.29, 1.82) is 0 Å². The van der Waals surface area contributed by atoms with Crippen molar-refractivity contribution in [3.63, 3.8) is 0 Å². The van der Waals surface area contributed by atoms with Crippen LogP contribution >= 0.6 is 0 Å². The molecule has 2 heterocycles. The van der Waals surface area contributed by atoms with Crippen LogP contribution in [0.25, 0.3) is 0 Å². The van der Waals surface area contributed by atoms with E-state index in [0.29, 0.717) is 5.88 Å². The molecule has 20 heavy (non-hydrogen) atoms. The van der Waals surface area contributed by atoms with Gasteiger partial charge in [-0.05, 0) is 33.4 Å². The van der Waals surface area contributed by atoms with Crippen LogP contribution in [0.15, 0.2) is 12.3 Å². The zero-order valence-corrected chi connectivity index (χ0v) is 12.5. The number of hydrogen-bond donors (Lipinski definition) is 1. The summed E-state index contributed by atoms with van der Waals surface area (Å²) in [5.74, 6) is 1.41. The fourth-order valence-corrected chi connectivity index (χ4v) is 2.28. The lowest BCUT2D eigenvalue weighted by Gasteiger charge is -2.34. The lowest BCUT2D eigenvalue weighted by atomic mass is 10.3. The van der Waals surface area contributed by atoms with Gasteiger partial charge in [0.2, 0.25) is 11.8 Å². The summed E-state index contributed by atoms with van der Waals surface area (Å²) < 4.78 is 5.62. The average molecular weight is 279 g/mol. The quantitative estimate of drug-likeness (QED) is 0.828. The Labute approximate surface area is 120 Å². The highest BCUT2D eigenvalue weighted by Gasteiger charge is 2.18. The van der Waals surface area contributed by atoms with Crippen molar-refractivity contribution in [2.75, 3.05) is 44.2 Å². The number of aromatic nitrogens is 2. The Balaban J connectivity index is 1.89. The molecule has 1 aromatic heterocycles. The molecule has 0 spiro atoms. The highest BCUT2D eigenvalue weighted by molar-refractivity contribution is 5.32. The molecule has 2 N–H and O–H groups in total. The third kappa shape index (κ3) is 4.31. The van der Waals surface area contributed by atoms with Gasteiger partial charge in [-0.2, -0.15) is 4.98 Å². The predicted octanol–water partition coefficient (Wildman–Crippen LogP) is 0.735. The molecule has 0 radical (unpaired) electrons. The lowest BCUT2D eigenvalue weighted by molar-refractivity contribution is 0.231. The van der Waals surface area contributed by atoms with Crippen LogP contribution in [0.5, 0.6) is 5.88 Å². The molecule has 1 saturated heterocycles. The summed E-state index contributed by atoms with van der Waals surface area (Å²) in [4.78, 5) is 13.5. The van der Waals surface area contributed by atoms with Gasteiger partial charge in [-0.25, -0.2) is 4.98 Å². The number of rotatable bonds is 6. The fourth-order valence-electron chi connectivity index (χ4n) is 2.28. The molecule has 6 nitrogen and oxygen atoms in total. The van der Waals surface area contributed by atoms with Crippen LogP contribution < -0.4 is 15.4 Å². The second-order valence-electron chi connectivity index (χ2n) is 5.33. The van der Waals surface area contributed by atoms with E-state index in [0.717, 1.165) is 51.6 Å². The molecule has 1 aliphatic heterocycles. The maximum Gasteiger partial charge on any atom is 0.228 e. The summed E-state index contributed by atoms with van der Waals surface area (Å²) in [6.45, 7) is 9.83. The zero-order chi connectivity index (χ0) is 14.4. The van der Waals surface area contributed by atoms with Crippen LogP contribution in [0.2, 0.25) is 0 Å². The van der Waals surface area contributed by atoms with Crippen LogP contribution in [0.4, 0.5) is 5.95 Å². The molecule has 0 bridgehead atoms. The molecule has 0 aromatic carbocycles. The van der Waals surface area contributed by atoms with Gasteiger partial charge >= 0.3 is 0 Å². The van der Waals surface area contributed by atoms with E-state index in [9.17, 15) is 0 Å². The Hall–Kier alpha value is -1.40. The Kier molecular flexibility index (Phi) is 5.55. The van der Waals surface area contributed by atoms with Crippen molar-refractivity contribution >= 4 is 5.95 Å². The van der Waals surface area contributed by atoms with Gasteiger partial charge in [0.25, 0.3) is 0 Å². The minimum Gasteiger partial charge on any atom is -0.475 e. The first kappa shape index (κ1) is 15.0. The van der Waals surface area contributed by atoms with Crippen molar-refractivity contribution in [2.24, 2.45) is 5.73 Å². The summed E-state index contributed by atoms with van der Waals surface area (Å²) in [6.07, 6.45) is 2.96. The monoisotopic (exact) mass is 279 g/mol. The second kappa shape index (κ2) is 7.40. The van der Waals surface area contributed by atoms with E-state index >= 15 is 0 Å². The molecule has 0 aliphatic carbocycles. The molecular weight excluding hydrogens is 254 g/mol. The highest BCUT2D eigenvalue weighted by Crippen LogP contribution is 2.15. The van der Waals surface area contributed by atoms with E-state index in [1.54, 1.807) is 12.3 Å². The van der Waals surface area contributed by atoms with Gasteiger partial charge in [0.1, 0.15) is 0 Å². The summed E-state index contributed by atoms with van der Waals surface area (Å²) in [5, 5.41) is 0. The molecule has 0 unspecified atom stereocenters. The third-order valence-corrected chi connectivity index (χ3v) is 3.31. The van der Waals surface area contributed by atoms with Crippen LogP contribution in [0.3, 0.4) is 0 Å². The van der Waals surface area contributed by atoms with Crippen molar-refractivity contribution in [3.05, 3.63) is 12.3 Å². The van der Waals surface area contributed by atoms with Gasteiger partial charge in [0.05, 0.1) is 6.10 Å². The minimum absolute atomic E-state index is 0.130. The zero-order valence-electron chi connectivity index (χ0n) is 12.5. The van der Waals surface area contributed by atoms with E-state index in [4.69, 9.17) is 10.5 Å². The summed E-state index contributed by atoms with van der Waals surface area (Å²) in [7, 11) is 0. The van der Waals surface area contributed by atoms with Gasteiger partial charge < -0.3 is 15.4 Å².